The second-order valence-corrected chi connectivity index (χ2v) is 9.76. The van der Waals surface area contributed by atoms with Crippen molar-refractivity contribution in [1.29, 1.82) is 0 Å². The van der Waals surface area contributed by atoms with E-state index in [0.29, 0.717) is 30.3 Å². The molecule has 0 amide bonds. The third-order valence-corrected chi connectivity index (χ3v) is 7.78. The fraction of sp³-hybridized carbons (Fsp3) is 0.826. The van der Waals surface area contributed by atoms with E-state index in [1.54, 1.807) is 6.92 Å². The Bertz CT molecular complexity index is 588. The largest absolute Gasteiger partial charge is 0.459 e. The lowest BCUT2D eigenvalue weighted by Crippen LogP contribution is -2.60. The molecule has 0 aromatic carbocycles. The number of hydrogen-bond donors (Lipinski definition) is 0. The van der Waals surface area contributed by atoms with Crippen molar-refractivity contribution in [3.8, 4) is 0 Å². The van der Waals surface area contributed by atoms with Gasteiger partial charge < -0.3 is 9.47 Å². The Kier molecular flexibility index (Phi) is 5.11. The molecule has 5 rings (SSSR count). The molecule has 4 bridgehead atoms. The van der Waals surface area contributed by atoms with Gasteiger partial charge in [0.2, 0.25) is 0 Å². The lowest BCUT2D eigenvalue weighted by Gasteiger charge is -2.60. The first kappa shape index (κ1) is 19.0. The number of ether oxygens (including phenoxy) is 2. The monoisotopic (exact) mass is 374 g/mol. The van der Waals surface area contributed by atoms with Gasteiger partial charge in [0.15, 0.2) is 0 Å². The number of carbonyl (C=O) groups excluding carboxylic acids is 2. The maximum atomic E-state index is 13.0. The zero-order valence-corrected chi connectivity index (χ0v) is 16.9. The average molecular weight is 375 g/mol. The Morgan fingerprint density at radius 3 is 2.11 bits per heavy atom. The quantitative estimate of drug-likeness (QED) is 0.474. The minimum Gasteiger partial charge on any atom is -0.459 e. The summed E-state index contributed by atoms with van der Waals surface area (Å²) >= 11 is 0. The number of esters is 2. The number of hydrogen-bond acceptors (Lipinski definition) is 4. The molecule has 5 fully saturated rings. The summed E-state index contributed by atoms with van der Waals surface area (Å²) < 4.78 is 11.8. The van der Waals surface area contributed by atoms with Crippen molar-refractivity contribution in [3.63, 3.8) is 0 Å². The number of rotatable bonds is 7. The molecule has 0 radical (unpaired) electrons. The van der Waals surface area contributed by atoms with Crippen LogP contribution in [0, 0.1) is 29.6 Å². The van der Waals surface area contributed by atoms with E-state index in [1.807, 2.05) is 0 Å². The van der Waals surface area contributed by atoms with Gasteiger partial charge in [-0.2, -0.15) is 0 Å². The van der Waals surface area contributed by atoms with Crippen LogP contribution in [0.2, 0.25) is 0 Å². The molecule has 0 aromatic heterocycles. The topological polar surface area (TPSA) is 52.6 Å². The van der Waals surface area contributed by atoms with Gasteiger partial charge in [0, 0.05) is 5.57 Å². The van der Waals surface area contributed by atoms with Crippen LogP contribution in [-0.4, -0.2) is 23.6 Å². The van der Waals surface area contributed by atoms with Crippen LogP contribution in [0.4, 0.5) is 0 Å². The van der Waals surface area contributed by atoms with Gasteiger partial charge in [0.05, 0.1) is 5.92 Å². The van der Waals surface area contributed by atoms with Gasteiger partial charge in [-0.1, -0.05) is 19.9 Å². The van der Waals surface area contributed by atoms with E-state index in [-0.39, 0.29) is 29.6 Å². The molecule has 5 saturated carbocycles. The molecule has 0 atom stereocenters. The summed E-state index contributed by atoms with van der Waals surface area (Å²) in [6.07, 6.45) is 10.8. The highest BCUT2D eigenvalue weighted by atomic mass is 16.6. The van der Waals surface area contributed by atoms with E-state index in [9.17, 15) is 9.59 Å². The standard InChI is InChI=1S/C23H34O4/c1-4-5-6-23(18-8-15-7-16(10-18)11-19(23)9-15)27-22(25)17-12-20(13-17)26-21(24)14(2)3/h15-20H,2,4-13H2,1,3H3. The van der Waals surface area contributed by atoms with E-state index < -0.39 is 0 Å². The SMILES string of the molecule is C=C(C)C(=O)OC1CC(C(=O)OC2(CCCC)C3CC4CC(C3)CC2C4)C1. The van der Waals surface area contributed by atoms with Crippen molar-refractivity contribution in [3.05, 3.63) is 12.2 Å². The molecule has 0 aliphatic heterocycles. The van der Waals surface area contributed by atoms with Gasteiger partial charge in [0.1, 0.15) is 11.7 Å². The summed E-state index contributed by atoms with van der Waals surface area (Å²) in [6, 6.07) is 0. The van der Waals surface area contributed by atoms with Gasteiger partial charge in [0.25, 0.3) is 0 Å². The molecule has 0 N–H and O–H groups in total. The van der Waals surface area contributed by atoms with Gasteiger partial charge in [-0.25, -0.2) is 4.79 Å². The second-order valence-electron chi connectivity index (χ2n) is 9.76. The fourth-order valence-electron chi connectivity index (χ4n) is 6.44. The fourth-order valence-corrected chi connectivity index (χ4v) is 6.44. The molecule has 150 valence electrons. The van der Waals surface area contributed by atoms with Gasteiger partial charge in [-0.15, -0.1) is 0 Å². The third kappa shape index (κ3) is 3.45. The maximum absolute atomic E-state index is 13.0. The molecule has 0 unspecified atom stereocenters. The molecule has 4 nitrogen and oxygen atoms in total. The summed E-state index contributed by atoms with van der Waals surface area (Å²) in [5, 5.41) is 0. The molecular formula is C23H34O4. The van der Waals surface area contributed by atoms with Crippen molar-refractivity contribution in [2.24, 2.45) is 29.6 Å². The Labute approximate surface area is 163 Å². The first-order chi connectivity index (χ1) is 12.9. The summed E-state index contributed by atoms with van der Waals surface area (Å²) in [4.78, 5) is 24.6. The highest BCUT2D eigenvalue weighted by Crippen LogP contribution is 2.61. The van der Waals surface area contributed by atoms with E-state index in [2.05, 4.69) is 13.5 Å². The smallest absolute Gasteiger partial charge is 0.333 e. The average Bonchev–Trinajstić information content (AvgIpc) is 2.58. The normalized spacial score (nSPS) is 41.7. The van der Waals surface area contributed by atoms with E-state index >= 15 is 0 Å². The van der Waals surface area contributed by atoms with E-state index in [4.69, 9.17) is 9.47 Å². The van der Waals surface area contributed by atoms with Gasteiger partial charge in [-0.3, -0.25) is 4.79 Å². The van der Waals surface area contributed by atoms with Crippen molar-refractivity contribution in [2.45, 2.75) is 89.8 Å². The molecule has 4 heteroatoms. The Morgan fingerprint density at radius 2 is 1.59 bits per heavy atom. The van der Waals surface area contributed by atoms with Crippen molar-refractivity contribution >= 4 is 11.9 Å². The Hall–Kier alpha value is -1.32. The molecule has 0 heterocycles. The molecule has 0 spiro atoms. The van der Waals surface area contributed by atoms with Crippen LogP contribution < -0.4 is 0 Å². The maximum Gasteiger partial charge on any atom is 0.333 e. The Morgan fingerprint density at radius 1 is 1.00 bits per heavy atom. The molecule has 0 saturated heterocycles. The van der Waals surface area contributed by atoms with Crippen molar-refractivity contribution in [1.82, 2.24) is 0 Å². The Balaban J connectivity index is 1.39. The summed E-state index contributed by atoms with van der Waals surface area (Å²) in [6.45, 7) is 7.48. The lowest BCUT2D eigenvalue weighted by atomic mass is 9.49. The number of unbranched alkanes of at least 4 members (excludes halogenated alkanes) is 1. The molecular weight excluding hydrogens is 340 g/mol. The first-order valence-electron chi connectivity index (χ1n) is 11.0. The van der Waals surface area contributed by atoms with Crippen LogP contribution in [0.1, 0.15) is 78.1 Å². The minimum atomic E-state index is -0.354. The molecule has 27 heavy (non-hydrogen) atoms. The highest BCUT2D eigenvalue weighted by Gasteiger charge is 2.59. The first-order valence-corrected chi connectivity index (χ1v) is 11.0. The second kappa shape index (κ2) is 7.25. The minimum absolute atomic E-state index is 0.0406. The summed E-state index contributed by atoms with van der Waals surface area (Å²) in [5.74, 6) is 2.38. The summed E-state index contributed by atoms with van der Waals surface area (Å²) in [7, 11) is 0. The zero-order valence-electron chi connectivity index (χ0n) is 16.9. The van der Waals surface area contributed by atoms with Crippen LogP contribution in [0.5, 0.6) is 0 Å². The lowest BCUT2D eigenvalue weighted by molar-refractivity contribution is -0.220. The van der Waals surface area contributed by atoms with Crippen LogP contribution in [-0.2, 0) is 19.1 Å². The molecule has 5 aliphatic rings. The van der Waals surface area contributed by atoms with Crippen LogP contribution >= 0.6 is 0 Å². The van der Waals surface area contributed by atoms with Crippen LogP contribution in [0.3, 0.4) is 0 Å². The van der Waals surface area contributed by atoms with Crippen molar-refractivity contribution < 1.29 is 19.1 Å². The van der Waals surface area contributed by atoms with Crippen molar-refractivity contribution in [2.75, 3.05) is 0 Å². The van der Waals surface area contributed by atoms with Crippen LogP contribution in [0.25, 0.3) is 0 Å². The van der Waals surface area contributed by atoms with E-state index in [0.717, 1.165) is 31.1 Å². The van der Waals surface area contributed by atoms with Gasteiger partial charge in [-0.05, 0) is 88.4 Å². The highest BCUT2D eigenvalue weighted by molar-refractivity contribution is 5.87. The predicted octanol–water partition coefficient (Wildman–Crippen LogP) is 4.81. The third-order valence-electron chi connectivity index (χ3n) is 7.78. The molecule has 0 aromatic rings. The van der Waals surface area contributed by atoms with Crippen LogP contribution in [0.15, 0.2) is 12.2 Å². The number of carbonyl (C=O) groups is 2. The predicted molar refractivity (Wildman–Crippen MR) is 103 cm³/mol. The zero-order chi connectivity index (χ0) is 19.2. The van der Waals surface area contributed by atoms with E-state index in [1.165, 1.54) is 32.1 Å². The summed E-state index contributed by atoms with van der Waals surface area (Å²) in [5.41, 5.74) is 0.202. The molecule has 5 aliphatic carbocycles. The van der Waals surface area contributed by atoms with Gasteiger partial charge >= 0.3 is 11.9 Å².